The highest BCUT2D eigenvalue weighted by Gasteiger charge is 2.28. The molecular weight excluding hydrogens is 406 g/mol. The van der Waals surface area contributed by atoms with Gasteiger partial charge < -0.3 is 20.1 Å². The van der Waals surface area contributed by atoms with E-state index in [-0.39, 0.29) is 18.5 Å². The number of pyridine rings is 1. The lowest BCUT2D eigenvalue weighted by Crippen LogP contribution is -2.44. The molecule has 2 aromatic rings. The summed E-state index contributed by atoms with van der Waals surface area (Å²) in [5.74, 6) is -0.873. The van der Waals surface area contributed by atoms with Gasteiger partial charge in [0.2, 0.25) is 0 Å². The number of rotatable bonds is 9. The number of aliphatic carboxylic acids is 1. The van der Waals surface area contributed by atoms with Crippen LogP contribution in [-0.2, 0) is 4.79 Å². The molecule has 1 fully saturated rings. The van der Waals surface area contributed by atoms with E-state index in [1.165, 1.54) is 4.90 Å². The summed E-state index contributed by atoms with van der Waals surface area (Å²) >= 11 is 6.21. The zero-order chi connectivity index (χ0) is 21.3. The van der Waals surface area contributed by atoms with Gasteiger partial charge in [-0.1, -0.05) is 30.9 Å². The van der Waals surface area contributed by atoms with Crippen molar-refractivity contribution in [2.75, 3.05) is 25.0 Å². The number of carbonyl (C=O) groups excluding carboxylic acids is 1. The lowest BCUT2D eigenvalue weighted by atomic mass is 9.93. The predicted molar refractivity (Wildman–Crippen MR) is 115 cm³/mol. The van der Waals surface area contributed by atoms with Gasteiger partial charge in [0.05, 0.1) is 0 Å². The molecule has 1 amide bonds. The van der Waals surface area contributed by atoms with Gasteiger partial charge in [-0.3, -0.25) is 14.6 Å². The fraction of sp³-hybridized carbons (Fsp3) is 0.409. The zero-order valence-corrected chi connectivity index (χ0v) is 17.5. The molecule has 2 N–H and O–H groups in total. The Morgan fingerprint density at radius 3 is 2.60 bits per heavy atom. The second kappa shape index (κ2) is 10.8. The lowest BCUT2D eigenvalue weighted by Gasteiger charge is -2.33. The van der Waals surface area contributed by atoms with Crippen LogP contribution >= 0.6 is 11.6 Å². The number of amides is 1. The minimum atomic E-state index is -1.02. The second-order valence-corrected chi connectivity index (χ2v) is 7.74. The number of nitrogens with one attached hydrogen (secondary N) is 1. The fourth-order valence-corrected chi connectivity index (χ4v) is 3.90. The third-order valence-electron chi connectivity index (χ3n) is 5.08. The number of anilines is 1. The molecule has 30 heavy (non-hydrogen) atoms. The fourth-order valence-electron chi connectivity index (χ4n) is 3.67. The first-order valence-electron chi connectivity index (χ1n) is 10.1. The maximum Gasteiger partial charge on any atom is 0.323 e. The SMILES string of the molecule is O=C(O)CN(C(=O)c1cc(Cl)cc(OCCNc2ccncc2)c1)C1CCCCC1. The highest BCUT2D eigenvalue weighted by molar-refractivity contribution is 6.31. The summed E-state index contributed by atoms with van der Waals surface area (Å²) in [7, 11) is 0. The molecule has 1 saturated carbocycles. The Morgan fingerprint density at radius 1 is 1.17 bits per heavy atom. The highest BCUT2D eigenvalue weighted by Crippen LogP contribution is 2.27. The van der Waals surface area contributed by atoms with E-state index in [2.05, 4.69) is 10.3 Å². The molecule has 3 rings (SSSR count). The van der Waals surface area contributed by atoms with Gasteiger partial charge in [-0.15, -0.1) is 0 Å². The van der Waals surface area contributed by atoms with Crippen molar-refractivity contribution in [2.45, 2.75) is 38.1 Å². The average molecular weight is 432 g/mol. The molecular formula is C22H26ClN3O4. The Bertz CT molecular complexity index is 857. The number of ether oxygens (including phenoxy) is 1. The molecule has 1 aliphatic rings. The molecule has 160 valence electrons. The summed E-state index contributed by atoms with van der Waals surface area (Å²) in [4.78, 5) is 29.9. The minimum Gasteiger partial charge on any atom is -0.492 e. The first-order valence-corrected chi connectivity index (χ1v) is 10.5. The largest absolute Gasteiger partial charge is 0.492 e. The Balaban J connectivity index is 1.65. The molecule has 8 heteroatoms. The van der Waals surface area contributed by atoms with Crippen molar-refractivity contribution in [2.24, 2.45) is 0 Å². The number of benzene rings is 1. The molecule has 0 spiro atoms. The van der Waals surface area contributed by atoms with Gasteiger partial charge in [0, 0.05) is 41.3 Å². The van der Waals surface area contributed by atoms with Crippen molar-refractivity contribution in [3.05, 3.63) is 53.3 Å². The molecule has 0 aliphatic heterocycles. The van der Waals surface area contributed by atoms with Crippen LogP contribution in [0.5, 0.6) is 5.75 Å². The maximum atomic E-state index is 13.1. The van der Waals surface area contributed by atoms with Crippen molar-refractivity contribution in [1.82, 2.24) is 9.88 Å². The molecule has 0 unspecified atom stereocenters. The van der Waals surface area contributed by atoms with Gasteiger partial charge in [-0.25, -0.2) is 0 Å². The monoisotopic (exact) mass is 431 g/mol. The molecule has 7 nitrogen and oxygen atoms in total. The van der Waals surface area contributed by atoms with Crippen LogP contribution in [0.1, 0.15) is 42.5 Å². The van der Waals surface area contributed by atoms with Crippen LogP contribution in [0, 0.1) is 0 Å². The standard InChI is InChI=1S/C22H26ClN3O4/c23-17-12-16(22(29)26(15-21(27)28)19-4-2-1-3-5-19)13-20(14-17)30-11-10-25-18-6-8-24-9-7-18/h6-9,12-14,19H,1-5,10-11,15H2,(H,24,25)(H,27,28). The van der Waals surface area contributed by atoms with E-state index < -0.39 is 5.97 Å². The Morgan fingerprint density at radius 2 is 1.90 bits per heavy atom. The van der Waals surface area contributed by atoms with Gasteiger partial charge in [-0.2, -0.15) is 0 Å². The number of nitrogens with zero attached hydrogens (tertiary/aromatic N) is 2. The van der Waals surface area contributed by atoms with Crippen molar-refractivity contribution in [1.29, 1.82) is 0 Å². The normalized spacial score (nSPS) is 14.2. The van der Waals surface area contributed by atoms with Crippen molar-refractivity contribution in [3.8, 4) is 5.75 Å². The average Bonchev–Trinajstić information content (AvgIpc) is 2.75. The van der Waals surface area contributed by atoms with Gasteiger partial charge in [-0.05, 0) is 43.2 Å². The van der Waals surface area contributed by atoms with Crippen LogP contribution in [0.25, 0.3) is 0 Å². The van der Waals surface area contributed by atoms with Crippen LogP contribution < -0.4 is 10.1 Å². The molecule has 0 saturated heterocycles. The number of hydrogen-bond donors (Lipinski definition) is 2. The minimum absolute atomic E-state index is 0.0599. The number of carbonyl (C=O) groups is 2. The Hall–Kier alpha value is -2.80. The van der Waals surface area contributed by atoms with E-state index in [9.17, 15) is 14.7 Å². The summed E-state index contributed by atoms with van der Waals surface area (Å²) < 4.78 is 5.76. The highest BCUT2D eigenvalue weighted by atomic mass is 35.5. The zero-order valence-electron chi connectivity index (χ0n) is 16.7. The van der Waals surface area contributed by atoms with E-state index in [0.717, 1.165) is 37.8 Å². The van der Waals surface area contributed by atoms with Gasteiger partial charge in [0.1, 0.15) is 18.9 Å². The number of aromatic nitrogens is 1. The summed E-state index contributed by atoms with van der Waals surface area (Å²) in [5, 5.41) is 12.9. The summed E-state index contributed by atoms with van der Waals surface area (Å²) in [6.07, 6.45) is 8.17. The van der Waals surface area contributed by atoms with Crippen molar-refractivity contribution < 1.29 is 19.4 Å². The van der Waals surface area contributed by atoms with Crippen molar-refractivity contribution >= 4 is 29.2 Å². The van der Waals surface area contributed by atoms with E-state index in [1.54, 1.807) is 30.6 Å². The molecule has 0 radical (unpaired) electrons. The Kier molecular flexibility index (Phi) is 7.90. The van der Waals surface area contributed by atoms with Crippen LogP contribution in [0.3, 0.4) is 0 Å². The van der Waals surface area contributed by atoms with Gasteiger partial charge in [0.15, 0.2) is 0 Å². The summed E-state index contributed by atoms with van der Waals surface area (Å²) in [5.41, 5.74) is 1.28. The van der Waals surface area contributed by atoms with Crippen LogP contribution in [0.4, 0.5) is 5.69 Å². The Labute approximate surface area is 181 Å². The number of halogens is 1. The third kappa shape index (κ3) is 6.35. The first-order chi connectivity index (χ1) is 14.5. The quantitative estimate of drug-likeness (QED) is 0.581. The van der Waals surface area contributed by atoms with E-state index in [4.69, 9.17) is 16.3 Å². The molecule has 1 aliphatic carbocycles. The molecule has 1 aromatic carbocycles. The van der Waals surface area contributed by atoms with Gasteiger partial charge in [0.25, 0.3) is 5.91 Å². The number of hydrogen-bond acceptors (Lipinski definition) is 5. The van der Waals surface area contributed by atoms with Crippen molar-refractivity contribution in [3.63, 3.8) is 0 Å². The van der Waals surface area contributed by atoms with E-state index in [0.29, 0.717) is 29.5 Å². The van der Waals surface area contributed by atoms with Crippen LogP contribution in [-0.4, -0.2) is 52.6 Å². The number of carboxylic acids is 1. The van der Waals surface area contributed by atoms with E-state index >= 15 is 0 Å². The predicted octanol–water partition coefficient (Wildman–Crippen LogP) is 4.09. The van der Waals surface area contributed by atoms with Crippen LogP contribution in [0.15, 0.2) is 42.7 Å². The maximum absolute atomic E-state index is 13.1. The third-order valence-corrected chi connectivity index (χ3v) is 5.30. The van der Waals surface area contributed by atoms with Crippen LogP contribution in [0.2, 0.25) is 5.02 Å². The summed E-state index contributed by atoms with van der Waals surface area (Å²) in [6, 6.07) is 8.49. The first kappa shape index (κ1) is 21.9. The molecule has 1 aromatic heterocycles. The molecule has 0 atom stereocenters. The second-order valence-electron chi connectivity index (χ2n) is 7.31. The summed E-state index contributed by atoms with van der Waals surface area (Å²) in [6.45, 7) is 0.618. The number of carboxylic acid groups (broad SMARTS) is 1. The molecule has 0 bridgehead atoms. The topological polar surface area (TPSA) is 91.8 Å². The van der Waals surface area contributed by atoms with E-state index in [1.807, 2.05) is 12.1 Å². The van der Waals surface area contributed by atoms with Gasteiger partial charge >= 0.3 is 5.97 Å². The molecule has 1 heterocycles. The lowest BCUT2D eigenvalue weighted by molar-refractivity contribution is -0.138. The smallest absolute Gasteiger partial charge is 0.323 e.